The van der Waals surface area contributed by atoms with Crippen LogP contribution in [0.5, 0.6) is 5.75 Å². The number of benzene rings is 1. The van der Waals surface area contributed by atoms with Crippen LogP contribution in [0.25, 0.3) is 0 Å². The van der Waals surface area contributed by atoms with Crippen LogP contribution >= 0.6 is 0 Å². The van der Waals surface area contributed by atoms with Gasteiger partial charge in [0.05, 0.1) is 12.2 Å². The number of anilines is 1. The lowest BCUT2D eigenvalue weighted by Gasteiger charge is -2.30. The summed E-state index contributed by atoms with van der Waals surface area (Å²) in [6.07, 6.45) is 0. The van der Waals surface area contributed by atoms with Crippen molar-refractivity contribution in [3.63, 3.8) is 0 Å². The van der Waals surface area contributed by atoms with Crippen molar-refractivity contribution >= 4 is 15.7 Å². The lowest BCUT2D eigenvalue weighted by Crippen LogP contribution is -2.44. The van der Waals surface area contributed by atoms with Gasteiger partial charge in [-0.1, -0.05) is 12.1 Å². The minimum absolute atomic E-state index is 0.0870. The zero-order valence-corrected chi connectivity index (χ0v) is 9.25. The third-order valence-corrected chi connectivity index (χ3v) is 3.81. The molecule has 0 aromatic heterocycles. The number of para-hydroxylation sites is 2. The summed E-state index contributed by atoms with van der Waals surface area (Å²) in [6, 6.07) is 5.71. The first-order chi connectivity index (χ1) is 7.84. The predicted octanol–water partition coefficient (Wildman–Crippen LogP) is 1.73. The van der Waals surface area contributed by atoms with E-state index in [4.69, 9.17) is 4.74 Å². The van der Waals surface area contributed by atoms with Crippen molar-refractivity contribution in [2.75, 3.05) is 17.5 Å². The minimum Gasteiger partial charge on any atom is -0.489 e. The second-order valence-corrected chi connectivity index (χ2v) is 5.19. The van der Waals surface area contributed by atoms with Crippen LogP contribution in [-0.4, -0.2) is 27.1 Å². The van der Waals surface area contributed by atoms with Crippen molar-refractivity contribution in [2.24, 2.45) is 0 Å². The maximum Gasteiger partial charge on any atom is 0.516 e. The van der Waals surface area contributed by atoms with Crippen LogP contribution in [0.3, 0.4) is 0 Å². The topological polar surface area (TPSA) is 46.6 Å². The summed E-state index contributed by atoms with van der Waals surface area (Å²) < 4.78 is 65.4. The normalized spacial score (nSPS) is 16.3. The monoisotopic (exact) mass is 267 g/mol. The Hall–Kier alpha value is -1.44. The van der Waals surface area contributed by atoms with E-state index in [-0.39, 0.29) is 24.6 Å². The fourth-order valence-electron chi connectivity index (χ4n) is 1.52. The highest BCUT2D eigenvalue weighted by molar-refractivity contribution is 7.93. The highest BCUT2D eigenvalue weighted by atomic mass is 32.2. The van der Waals surface area contributed by atoms with E-state index in [0.29, 0.717) is 4.31 Å². The molecule has 17 heavy (non-hydrogen) atoms. The Morgan fingerprint density at radius 3 is 2.53 bits per heavy atom. The molecule has 1 heterocycles. The molecule has 1 aromatic rings. The maximum absolute atomic E-state index is 12.4. The van der Waals surface area contributed by atoms with Gasteiger partial charge >= 0.3 is 15.5 Å². The average molecular weight is 267 g/mol. The van der Waals surface area contributed by atoms with E-state index in [1.807, 2.05) is 0 Å². The minimum atomic E-state index is -5.36. The smallest absolute Gasteiger partial charge is 0.489 e. The van der Waals surface area contributed by atoms with Crippen LogP contribution in [0.2, 0.25) is 0 Å². The quantitative estimate of drug-likeness (QED) is 0.778. The summed E-state index contributed by atoms with van der Waals surface area (Å²) >= 11 is 0. The Morgan fingerprint density at radius 2 is 1.88 bits per heavy atom. The van der Waals surface area contributed by atoms with Gasteiger partial charge in [-0.3, -0.25) is 4.31 Å². The number of nitrogens with zero attached hydrogens (tertiary/aromatic N) is 1. The predicted molar refractivity (Wildman–Crippen MR) is 54.3 cm³/mol. The van der Waals surface area contributed by atoms with Crippen molar-refractivity contribution in [1.29, 1.82) is 0 Å². The van der Waals surface area contributed by atoms with Crippen molar-refractivity contribution < 1.29 is 26.3 Å². The fourth-order valence-corrected chi connectivity index (χ4v) is 2.49. The Bertz CT molecular complexity index is 527. The van der Waals surface area contributed by atoms with Crippen LogP contribution in [0.1, 0.15) is 0 Å². The Balaban J connectivity index is 2.51. The molecule has 0 fully saturated rings. The van der Waals surface area contributed by atoms with Gasteiger partial charge in [0, 0.05) is 0 Å². The summed E-state index contributed by atoms with van der Waals surface area (Å²) in [5.41, 5.74) is -5.40. The van der Waals surface area contributed by atoms with Gasteiger partial charge in [0.25, 0.3) is 0 Å². The molecule has 2 rings (SSSR count). The molecular formula is C9H8F3NO3S. The molecule has 4 nitrogen and oxygen atoms in total. The third kappa shape index (κ3) is 1.92. The van der Waals surface area contributed by atoms with Gasteiger partial charge in [-0.05, 0) is 12.1 Å². The van der Waals surface area contributed by atoms with E-state index in [1.54, 1.807) is 6.07 Å². The van der Waals surface area contributed by atoms with Crippen LogP contribution in [0.15, 0.2) is 24.3 Å². The molecule has 1 aliphatic heterocycles. The standard InChI is InChI=1S/C9H8F3NO3S/c10-9(11,12)17(14,15)13-5-6-16-8-4-2-1-3-7(8)13/h1-4H,5-6H2. The second kappa shape index (κ2) is 3.80. The van der Waals surface area contributed by atoms with E-state index in [2.05, 4.69) is 0 Å². The van der Waals surface area contributed by atoms with Gasteiger partial charge in [-0.25, -0.2) is 0 Å². The van der Waals surface area contributed by atoms with E-state index in [1.165, 1.54) is 18.2 Å². The Morgan fingerprint density at radius 1 is 1.24 bits per heavy atom. The van der Waals surface area contributed by atoms with E-state index >= 15 is 0 Å². The summed E-state index contributed by atoms with van der Waals surface area (Å²) in [5, 5.41) is 0. The number of hydrogen-bond donors (Lipinski definition) is 0. The van der Waals surface area contributed by atoms with Gasteiger partial charge in [0.1, 0.15) is 12.4 Å². The molecule has 0 amide bonds. The van der Waals surface area contributed by atoms with Gasteiger partial charge < -0.3 is 4.74 Å². The van der Waals surface area contributed by atoms with Gasteiger partial charge in [-0.15, -0.1) is 0 Å². The van der Waals surface area contributed by atoms with Crippen LogP contribution in [-0.2, 0) is 10.0 Å². The lowest BCUT2D eigenvalue weighted by atomic mass is 10.2. The molecule has 0 N–H and O–H groups in total. The molecule has 1 aromatic carbocycles. The molecule has 0 bridgehead atoms. The van der Waals surface area contributed by atoms with E-state index in [0.717, 1.165) is 0 Å². The number of fused-ring (bicyclic) bond motifs is 1. The fraction of sp³-hybridized carbons (Fsp3) is 0.333. The molecule has 0 spiro atoms. The molecule has 94 valence electrons. The molecule has 0 unspecified atom stereocenters. The number of rotatable bonds is 1. The lowest BCUT2D eigenvalue weighted by molar-refractivity contribution is -0.0439. The Kier molecular flexibility index (Phi) is 2.69. The van der Waals surface area contributed by atoms with Crippen molar-refractivity contribution in [1.82, 2.24) is 0 Å². The zero-order chi connectivity index (χ0) is 12.7. The number of hydrogen-bond acceptors (Lipinski definition) is 3. The molecule has 8 heteroatoms. The molecule has 0 saturated heterocycles. The average Bonchev–Trinajstić information content (AvgIpc) is 2.26. The first-order valence-electron chi connectivity index (χ1n) is 4.65. The largest absolute Gasteiger partial charge is 0.516 e. The summed E-state index contributed by atoms with van der Waals surface area (Å²) in [7, 11) is -5.36. The molecular weight excluding hydrogens is 259 g/mol. The van der Waals surface area contributed by atoms with Crippen LogP contribution < -0.4 is 9.04 Å². The van der Waals surface area contributed by atoms with Gasteiger partial charge in [0.15, 0.2) is 0 Å². The Labute approximate surface area is 95.7 Å². The molecule has 0 aliphatic carbocycles. The zero-order valence-electron chi connectivity index (χ0n) is 8.44. The first kappa shape index (κ1) is 12.0. The second-order valence-electron chi connectivity index (χ2n) is 3.34. The molecule has 0 saturated carbocycles. The summed E-state index contributed by atoms with van der Waals surface area (Å²) in [4.78, 5) is 0. The highest BCUT2D eigenvalue weighted by Gasteiger charge is 2.51. The van der Waals surface area contributed by atoms with E-state index < -0.39 is 15.5 Å². The number of ether oxygens (including phenoxy) is 1. The third-order valence-electron chi connectivity index (χ3n) is 2.27. The first-order valence-corrected chi connectivity index (χ1v) is 6.09. The highest BCUT2D eigenvalue weighted by Crippen LogP contribution is 2.37. The van der Waals surface area contributed by atoms with Crippen LogP contribution in [0.4, 0.5) is 18.9 Å². The van der Waals surface area contributed by atoms with Gasteiger partial charge in [0.2, 0.25) is 0 Å². The SMILES string of the molecule is O=S(=O)(N1CCOc2ccccc21)C(F)(F)F. The molecule has 1 aliphatic rings. The maximum atomic E-state index is 12.4. The van der Waals surface area contributed by atoms with Crippen molar-refractivity contribution in [3.8, 4) is 5.75 Å². The van der Waals surface area contributed by atoms with Crippen molar-refractivity contribution in [2.45, 2.75) is 5.51 Å². The van der Waals surface area contributed by atoms with Crippen molar-refractivity contribution in [3.05, 3.63) is 24.3 Å². The molecule has 0 atom stereocenters. The number of halogens is 3. The number of alkyl halides is 3. The van der Waals surface area contributed by atoms with Crippen LogP contribution in [0, 0.1) is 0 Å². The van der Waals surface area contributed by atoms with E-state index in [9.17, 15) is 21.6 Å². The van der Waals surface area contributed by atoms with Gasteiger partial charge in [-0.2, -0.15) is 21.6 Å². The summed E-state index contributed by atoms with van der Waals surface area (Å²) in [6.45, 7) is -0.453. The number of sulfonamides is 1. The molecule has 0 radical (unpaired) electrons. The summed E-state index contributed by atoms with van der Waals surface area (Å²) in [5.74, 6) is 0.131.